The lowest BCUT2D eigenvalue weighted by Crippen LogP contribution is -2.18. The largest absolute Gasteiger partial charge is 0.397 e. The molecule has 1 amide bonds. The van der Waals surface area contributed by atoms with Gasteiger partial charge < -0.3 is 16.8 Å². The second-order valence-corrected chi connectivity index (χ2v) is 5.82. The second kappa shape index (κ2) is 5.52. The van der Waals surface area contributed by atoms with Crippen LogP contribution in [0.1, 0.15) is 29.6 Å². The van der Waals surface area contributed by atoms with Crippen LogP contribution in [0.5, 0.6) is 0 Å². The van der Waals surface area contributed by atoms with Gasteiger partial charge in [0.2, 0.25) is 5.91 Å². The average Bonchev–Trinajstić information content (AvgIpc) is 2.79. The Kier molecular flexibility index (Phi) is 4.01. The number of hydrogen-bond acceptors (Lipinski definition) is 4. The summed E-state index contributed by atoms with van der Waals surface area (Å²) in [5, 5.41) is 4.15. The number of hydrogen-bond donors (Lipinski definition) is 3. The van der Waals surface area contributed by atoms with E-state index in [1.54, 1.807) is 18.2 Å². The number of carbonyl (C=O) groups is 1. The van der Waals surface area contributed by atoms with E-state index in [4.69, 9.17) is 11.5 Å². The van der Waals surface area contributed by atoms with Crippen LogP contribution in [-0.2, 0) is 0 Å². The lowest BCUT2D eigenvalue weighted by atomic mass is 10.1. The Morgan fingerprint density at radius 1 is 1.44 bits per heavy atom. The first-order chi connectivity index (χ1) is 8.60. The Morgan fingerprint density at radius 2 is 2.22 bits per heavy atom. The van der Waals surface area contributed by atoms with Gasteiger partial charge in [0.1, 0.15) is 0 Å². The predicted octanol–water partition coefficient (Wildman–Crippen LogP) is 2.06. The van der Waals surface area contributed by atoms with Crippen LogP contribution >= 0.6 is 11.8 Å². The van der Waals surface area contributed by atoms with Crippen LogP contribution in [0.4, 0.5) is 11.4 Å². The van der Waals surface area contributed by atoms with E-state index in [1.165, 1.54) is 6.42 Å². The lowest BCUT2D eigenvalue weighted by molar-refractivity contribution is 0.100. The monoisotopic (exact) mass is 265 g/mol. The molecule has 98 valence electrons. The molecule has 2 atom stereocenters. The molecule has 1 aromatic rings. The van der Waals surface area contributed by atoms with Crippen LogP contribution in [0.15, 0.2) is 18.2 Å². The summed E-state index contributed by atoms with van der Waals surface area (Å²) < 4.78 is 0. The van der Waals surface area contributed by atoms with Gasteiger partial charge in [0.15, 0.2) is 0 Å². The summed E-state index contributed by atoms with van der Waals surface area (Å²) in [6.07, 6.45) is 5.66. The van der Waals surface area contributed by atoms with E-state index < -0.39 is 5.91 Å². The fraction of sp³-hybridized carbons (Fsp3) is 0.462. The maximum Gasteiger partial charge on any atom is 0.248 e. The molecule has 0 spiro atoms. The molecule has 5 N–H and O–H groups in total. The first-order valence-corrected chi connectivity index (χ1v) is 7.37. The molecule has 1 aliphatic carbocycles. The number of amides is 1. The molecule has 1 aromatic carbocycles. The van der Waals surface area contributed by atoms with Gasteiger partial charge in [-0.15, -0.1) is 0 Å². The van der Waals surface area contributed by atoms with E-state index in [0.717, 1.165) is 23.8 Å². The van der Waals surface area contributed by atoms with Crippen LogP contribution in [-0.4, -0.2) is 23.5 Å². The minimum atomic E-state index is -0.425. The number of nitrogen functional groups attached to an aromatic ring is 1. The second-order valence-electron chi connectivity index (χ2n) is 4.68. The number of primary amides is 1. The Labute approximate surface area is 111 Å². The number of rotatable bonds is 4. The first-order valence-electron chi connectivity index (χ1n) is 6.09. The van der Waals surface area contributed by atoms with Crippen LogP contribution < -0.4 is 16.8 Å². The van der Waals surface area contributed by atoms with Crippen molar-refractivity contribution >= 4 is 29.0 Å². The fourth-order valence-electron chi connectivity index (χ4n) is 2.34. The zero-order valence-electron chi connectivity index (χ0n) is 10.5. The summed E-state index contributed by atoms with van der Waals surface area (Å²) in [5.74, 6) is -0.425. The molecule has 0 aromatic heterocycles. The van der Waals surface area contributed by atoms with Gasteiger partial charge in [-0.25, -0.2) is 0 Å². The van der Waals surface area contributed by atoms with Gasteiger partial charge in [0, 0.05) is 16.9 Å². The average molecular weight is 265 g/mol. The van der Waals surface area contributed by atoms with Gasteiger partial charge in [-0.1, -0.05) is 0 Å². The lowest BCUT2D eigenvalue weighted by Gasteiger charge is -2.16. The number of carbonyl (C=O) groups excluding carboxylic acids is 1. The summed E-state index contributed by atoms with van der Waals surface area (Å²) in [7, 11) is 0. The quantitative estimate of drug-likeness (QED) is 0.728. The summed E-state index contributed by atoms with van der Waals surface area (Å²) in [5.41, 5.74) is 13.2. The molecule has 0 saturated heterocycles. The van der Waals surface area contributed by atoms with Crippen LogP contribution in [0.25, 0.3) is 0 Å². The van der Waals surface area contributed by atoms with E-state index in [9.17, 15) is 4.79 Å². The van der Waals surface area contributed by atoms with Crippen molar-refractivity contribution in [2.45, 2.75) is 30.6 Å². The number of anilines is 2. The van der Waals surface area contributed by atoms with Crippen molar-refractivity contribution in [3.05, 3.63) is 23.8 Å². The predicted molar refractivity (Wildman–Crippen MR) is 77.9 cm³/mol. The number of thioether (sulfide) groups is 1. The summed E-state index contributed by atoms with van der Waals surface area (Å²) in [6.45, 7) is 0. The zero-order valence-corrected chi connectivity index (χ0v) is 11.3. The molecule has 1 fully saturated rings. The fourth-order valence-corrected chi connectivity index (χ4v) is 3.14. The van der Waals surface area contributed by atoms with Crippen LogP contribution in [0.3, 0.4) is 0 Å². The molecular formula is C13H19N3OS. The third-order valence-corrected chi connectivity index (χ3v) is 4.51. The third kappa shape index (κ3) is 2.90. The van der Waals surface area contributed by atoms with Gasteiger partial charge in [-0.05, 0) is 43.7 Å². The molecular weight excluding hydrogens is 246 g/mol. The van der Waals surface area contributed by atoms with E-state index in [1.807, 2.05) is 11.8 Å². The Hall–Kier alpha value is -1.36. The molecule has 1 aliphatic rings. The zero-order chi connectivity index (χ0) is 13.1. The number of nitrogens with one attached hydrogen (secondary N) is 1. The van der Waals surface area contributed by atoms with Crippen molar-refractivity contribution in [1.82, 2.24) is 0 Å². The topological polar surface area (TPSA) is 81.1 Å². The van der Waals surface area contributed by atoms with Gasteiger partial charge in [0.05, 0.1) is 11.4 Å². The maximum absolute atomic E-state index is 11.2. The highest BCUT2D eigenvalue weighted by molar-refractivity contribution is 7.99. The van der Waals surface area contributed by atoms with E-state index in [2.05, 4.69) is 11.6 Å². The molecule has 0 bridgehead atoms. The normalized spacial score (nSPS) is 22.9. The van der Waals surface area contributed by atoms with Crippen molar-refractivity contribution < 1.29 is 4.79 Å². The Balaban J connectivity index is 2.09. The number of nitrogens with two attached hydrogens (primary N) is 2. The SMILES string of the molecule is CSC1CCC(Nc2cc(C(N)=O)ccc2N)C1. The van der Waals surface area contributed by atoms with Crippen molar-refractivity contribution in [3.63, 3.8) is 0 Å². The molecule has 0 aliphatic heterocycles. The first kappa shape index (κ1) is 13.1. The van der Waals surface area contributed by atoms with E-state index >= 15 is 0 Å². The smallest absolute Gasteiger partial charge is 0.248 e. The minimum absolute atomic E-state index is 0.425. The molecule has 0 heterocycles. The third-order valence-electron chi connectivity index (χ3n) is 3.42. The van der Waals surface area contributed by atoms with E-state index in [-0.39, 0.29) is 0 Å². The van der Waals surface area contributed by atoms with Crippen LogP contribution in [0, 0.1) is 0 Å². The van der Waals surface area contributed by atoms with E-state index in [0.29, 0.717) is 17.3 Å². The summed E-state index contributed by atoms with van der Waals surface area (Å²) >= 11 is 1.91. The van der Waals surface area contributed by atoms with Gasteiger partial charge in [-0.2, -0.15) is 11.8 Å². The van der Waals surface area contributed by atoms with Crippen molar-refractivity contribution in [2.24, 2.45) is 5.73 Å². The van der Waals surface area contributed by atoms with Gasteiger partial charge in [0.25, 0.3) is 0 Å². The van der Waals surface area contributed by atoms with Crippen molar-refractivity contribution in [3.8, 4) is 0 Å². The molecule has 18 heavy (non-hydrogen) atoms. The molecule has 1 saturated carbocycles. The Morgan fingerprint density at radius 3 is 2.83 bits per heavy atom. The minimum Gasteiger partial charge on any atom is -0.397 e. The van der Waals surface area contributed by atoms with Gasteiger partial charge >= 0.3 is 0 Å². The molecule has 5 heteroatoms. The molecule has 2 rings (SSSR count). The van der Waals surface area contributed by atoms with Crippen LogP contribution in [0.2, 0.25) is 0 Å². The highest BCUT2D eigenvalue weighted by atomic mass is 32.2. The highest BCUT2D eigenvalue weighted by Crippen LogP contribution is 2.31. The number of benzene rings is 1. The summed E-state index contributed by atoms with van der Waals surface area (Å²) in [6, 6.07) is 5.56. The van der Waals surface area contributed by atoms with Crippen molar-refractivity contribution in [2.75, 3.05) is 17.3 Å². The standard InChI is InChI=1S/C13H19N3OS/c1-18-10-4-3-9(7-10)16-12-6-8(13(15)17)2-5-11(12)14/h2,5-6,9-10,16H,3-4,7,14H2,1H3,(H2,15,17). The van der Waals surface area contributed by atoms with Crippen molar-refractivity contribution in [1.29, 1.82) is 0 Å². The maximum atomic E-state index is 11.2. The summed E-state index contributed by atoms with van der Waals surface area (Å²) in [4.78, 5) is 11.2. The molecule has 0 radical (unpaired) electrons. The highest BCUT2D eigenvalue weighted by Gasteiger charge is 2.24. The molecule has 4 nitrogen and oxygen atoms in total. The molecule has 2 unspecified atom stereocenters. The van der Waals surface area contributed by atoms with Gasteiger partial charge in [-0.3, -0.25) is 4.79 Å². The Bertz CT molecular complexity index is 450.